The Labute approximate surface area is 552 Å². The summed E-state index contributed by atoms with van der Waals surface area (Å²) in [5.74, 6) is 2.93. The van der Waals surface area contributed by atoms with Gasteiger partial charge in [-0.1, -0.05) is 140 Å². The van der Waals surface area contributed by atoms with Crippen LogP contribution in [0.5, 0.6) is 46.0 Å². The Bertz CT molecular complexity index is 3240. The Balaban J connectivity index is 0.000000583. The van der Waals surface area contributed by atoms with Gasteiger partial charge >= 0.3 is 17.9 Å². The number of ether oxygens (including phenoxy) is 9. The number of hydrogen-bond acceptors (Lipinski definition) is 16. The van der Waals surface area contributed by atoms with Crippen LogP contribution >= 0.6 is 22.6 Å². The molecule has 0 atom stereocenters. The van der Waals surface area contributed by atoms with Crippen LogP contribution in [0.15, 0.2) is 183 Å². The molecule has 17 heteroatoms. The number of aromatic hydroxyl groups is 2. The van der Waals surface area contributed by atoms with Crippen LogP contribution in [0.4, 0.5) is 0 Å². The molecule has 0 unspecified atom stereocenters. The lowest BCUT2D eigenvalue weighted by atomic mass is 10.1. The summed E-state index contributed by atoms with van der Waals surface area (Å²) in [6, 6.07) is 50.0. The van der Waals surface area contributed by atoms with Crippen molar-refractivity contribution in [1.82, 2.24) is 0 Å². The van der Waals surface area contributed by atoms with Crippen molar-refractivity contribution in [2.45, 2.75) is 131 Å². The number of phenolic OH excluding ortho intramolecular Hbond substituents is 2. The van der Waals surface area contributed by atoms with Gasteiger partial charge in [0.25, 0.3) is 0 Å². The summed E-state index contributed by atoms with van der Waals surface area (Å²) >= 11 is 2.34. The maximum atomic E-state index is 11.5. The van der Waals surface area contributed by atoms with Crippen LogP contribution in [0.2, 0.25) is 0 Å². The quantitative estimate of drug-likeness (QED) is 0.0129. The molecule has 0 aliphatic carbocycles. The lowest BCUT2D eigenvalue weighted by molar-refractivity contribution is -0.143. The number of aryl methyl sites for hydroxylation is 1. The molecule has 7 aromatic carbocycles. The second-order valence-corrected chi connectivity index (χ2v) is 22.8. The number of rotatable bonds is 26. The van der Waals surface area contributed by atoms with Crippen molar-refractivity contribution in [3.05, 3.63) is 221 Å². The average Bonchev–Trinajstić information content (AvgIpc) is 1.90. The second-order valence-electron chi connectivity index (χ2n) is 20.3. The zero-order valence-corrected chi connectivity index (χ0v) is 56.3. The molecule has 2 N–H and O–H groups in total. The first-order valence-corrected chi connectivity index (χ1v) is 31.1. The maximum Gasteiger partial charge on any atom is 0.330 e. The molecule has 490 valence electrons. The summed E-state index contributed by atoms with van der Waals surface area (Å²) in [7, 11) is 0. The van der Waals surface area contributed by atoms with E-state index in [0.29, 0.717) is 98.8 Å². The fourth-order valence-corrected chi connectivity index (χ4v) is 7.22. The number of alkyl halides is 1. The molecule has 0 amide bonds. The van der Waals surface area contributed by atoms with E-state index in [1.54, 1.807) is 69.3 Å². The molecule has 7 rings (SSSR count). The van der Waals surface area contributed by atoms with Crippen LogP contribution in [0, 0.1) is 0 Å². The van der Waals surface area contributed by atoms with Gasteiger partial charge in [0.15, 0.2) is 12.6 Å². The van der Waals surface area contributed by atoms with Gasteiger partial charge in [-0.05, 0) is 140 Å². The van der Waals surface area contributed by atoms with Crippen molar-refractivity contribution in [2.75, 3.05) is 19.8 Å². The first kappa shape index (κ1) is 78.0. The fraction of sp³-hybridized carbons (Fsp3) is 0.311. The highest BCUT2D eigenvalue weighted by atomic mass is 127. The number of phenols is 2. The van der Waals surface area contributed by atoms with Gasteiger partial charge in [0.2, 0.25) is 0 Å². The van der Waals surface area contributed by atoms with Gasteiger partial charge in [-0.25, -0.2) is 9.59 Å². The minimum atomic E-state index is -0.373. The van der Waals surface area contributed by atoms with Gasteiger partial charge in [0.1, 0.15) is 65.8 Å². The van der Waals surface area contributed by atoms with Gasteiger partial charge in [-0.3, -0.25) is 14.4 Å². The predicted molar refractivity (Wildman–Crippen MR) is 368 cm³/mol. The van der Waals surface area contributed by atoms with E-state index >= 15 is 0 Å². The number of carbonyl (C=O) groups excluding carboxylic acids is 5. The molecule has 0 heterocycles. The molecule has 0 aliphatic heterocycles. The minimum Gasteiger partial charge on any atom is -0.508 e. The van der Waals surface area contributed by atoms with E-state index in [1.807, 2.05) is 151 Å². The van der Waals surface area contributed by atoms with Gasteiger partial charge in [0, 0.05) is 53.8 Å². The van der Waals surface area contributed by atoms with E-state index in [9.17, 15) is 34.2 Å². The lowest BCUT2D eigenvalue weighted by Crippen LogP contribution is -2.09. The molecule has 0 aromatic heterocycles. The van der Waals surface area contributed by atoms with E-state index in [4.69, 9.17) is 37.9 Å². The molecule has 0 saturated heterocycles. The van der Waals surface area contributed by atoms with E-state index in [1.165, 1.54) is 18.2 Å². The Morgan fingerprint density at radius 2 is 0.890 bits per heavy atom. The van der Waals surface area contributed by atoms with Crippen LogP contribution in [0.25, 0.3) is 6.08 Å². The minimum absolute atomic E-state index is 0. The smallest absolute Gasteiger partial charge is 0.330 e. The van der Waals surface area contributed by atoms with E-state index < -0.39 is 0 Å². The summed E-state index contributed by atoms with van der Waals surface area (Å²) in [5.41, 5.74) is 5.73. The van der Waals surface area contributed by atoms with Crippen LogP contribution in [-0.2, 0) is 54.8 Å². The SMILES string of the molecule is C=CC(=O)OCC.CC(C)I.CC(C)Oc1cc(OCc2ccccc2)ccc1C=O.CCOC(=O)/C=C/c1ccc(OCc2ccccc2)cc1OC(C)C.CCOC(=O)CCc1ccc(O)cc1OC(C)C.O=Cc1ccc(OCc2ccccc2)cc1O.[HH]. The third-order valence-electron chi connectivity index (χ3n) is 11.2. The van der Waals surface area contributed by atoms with Crippen molar-refractivity contribution >= 4 is 59.1 Å². The molecule has 0 aliphatic rings. The molecule has 0 spiro atoms. The Hall–Kier alpha value is -9.10. The summed E-state index contributed by atoms with van der Waals surface area (Å²) in [4.78, 5) is 54.4. The van der Waals surface area contributed by atoms with Crippen LogP contribution in [0.3, 0.4) is 0 Å². The Kier molecular flexibility index (Phi) is 39.5. The summed E-state index contributed by atoms with van der Waals surface area (Å²) in [6.45, 7) is 27.0. The third-order valence-corrected chi connectivity index (χ3v) is 11.2. The molecule has 16 nitrogen and oxygen atoms in total. The van der Waals surface area contributed by atoms with Crippen molar-refractivity contribution in [3.8, 4) is 46.0 Å². The highest BCUT2D eigenvalue weighted by Crippen LogP contribution is 2.30. The monoisotopic (exact) mass is 1360 g/mol. The van der Waals surface area contributed by atoms with Gasteiger partial charge in [-0.15, -0.1) is 0 Å². The highest BCUT2D eigenvalue weighted by Gasteiger charge is 2.12. The zero-order valence-electron chi connectivity index (χ0n) is 54.1. The van der Waals surface area contributed by atoms with Crippen LogP contribution in [0.1, 0.15) is 133 Å². The molecular weight excluding hydrogens is 1270 g/mol. The van der Waals surface area contributed by atoms with Crippen LogP contribution < -0.4 is 28.4 Å². The molecule has 0 saturated carbocycles. The molecule has 0 bridgehead atoms. The summed E-state index contributed by atoms with van der Waals surface area (Å²) < 4.78 is 49.1. The number of benzene rings is 7. The zero-order chi connectivity index (χ0) is 67.3. The van der Waals surface area contributed by atoms with Crippen molar-refractivity contribution in [3.63, 3.8) is 0 Å². The maximum absolute atomic E-state index is 11.5. The summed E-state index contributed by atoms with van der Waals surface area (Å²) in [6.07, 6.45) is 6.53. The van der Waals surface area contributed by atoms with E-state index in [0.717, 1.165) is 44.1 Å². The fourth-order valence-electron chi connectivity index (χ4n) is 7.22. The molecule has 0 radical (unpaired) electrons. The largest absolute Gasteiger partial charge is 0.508 e. The van der Waals surface area contributed by atoms with Crippen molar-refractivity contribution in [2.24, 2.45) is 0 Å². The van der Waals surface area contributed by atoms with Gasteiger partial charge < -0.3 is 52.8 Å². The lowest BCUT2D eigenvalue weighted by Gasteiger charge is -2.14. The van der Waals surface area contributed by atoms with Gasteiger partial charge in [-0.2, -0.15) is 0 Å². The number of aldehydes is 2. The highest BCUT2D eigenvalue weighted by molar-refractivity contribution is 14.1. The summed E-state index contributed by atoms with van der Waals surface area (Å²) in [5, 5.41) is 18.9. The Morgan fingerprint density at radius 3 is 1.29 bits per heavy atom. The average molecular weight is 1360 g/mol. The Morgan fingerprint density at radius 1 is 0.495 bits per heavy atom. The third kappa shape index (κ3) is 35.6. The predicted octanol–water partition coefficient (Wildman–Crippen LogP) is 16.8. The van der Waals surface area contributed by atoms with Crippen molar-refractivity contribution in [1.29, 1.82) is 0 Å². The number of esters is 3. The first-order valence-electron chi connectivity index (χ1n) is 29.9. The second kappa shape index (κ2) is 46.1. The number of halogens is 1. The molecule has 91 heavy (non-hydrogen) atoms. The molecule has 7 aromatic rings. The van der Waals surface area contributed by atoms with Gasteiger partial charge in [0.05, 0.1) is 49.3 Å². The van der Waals surface area contributed by atoms with Crippen molar-refractivity contribution < 1.29 is 78.2 Å². The molecular formula is C74H91IO16. The van der Waals surface area contributed by atoms with E-state index in [-0.39, 0.29) is 54.7 Å². The van der Waals surface area contributed by atoms with E-state index in [2.05, 4.69) is 47.8 Å². The molecule has 0 fully saturated rings. The first-order chi connectivity index (χ1) is 43.6. The number of carbonyl (C=O) groups is 5. The normalized spacial score (nSPS) is 10.2. The topological polar surface area (TPSA) is 209 Å². The number of hydrogen-bond donors (Lipinski definition) is 2. The standard InChI is InChI=1S/C21H24O4.C17H18O3.C14H20O4.C14H12O3.C5H8O2.C3H7I.H2/c1-4-23-21(22)13-11-18-10-12-19(14-20(18)25-16(2)3)24-15-17-8-6-5-7-9-17;1-13(2)20-17-10-16(9-8-15(17)11-18)19-12-14-6-4-3-5-7-14;1-4-17-14(16)8-6-11-5-7-12(15)9-13(11)18-10(2)3;15-9-12-6-7-13(8-14(12)16)17-10-11-4-2-1-3-5-11;1-3-5(6)7-4-2;1-3(2)4;/h5-14,16H,4,15H2,1-3H3;3-11,13H,12H2,1-2H3;5,7,9-10,15H,4,6,8H2,1-3H3;1-9,16H,10H2;3H,1,4H2,2H3;3H,1-2H3;1H/b13-11+;;;;;;. The van der Waals surface area contributed by atoms with Crippen LogP contribution in [-0.4, -0.2) is 82.8 Å².